The van der Waals surface area contributed by atoms with Gasteiger partial charge in [0, 0.05) is 18.3 Å². The second-order valence-corrected chi connectivity index (χ2v) is 21.2. The summed E-state index contributed by atoms with van der Waals surface area (Å²) in [7, 11) is -5.81. The average molecular weight is 632 g/mol. The van der Waals surface area contributed by atoms with Gasteiger partial charge in [-0.3, -0.25) is 0 Å². The van der Waals surface area contributed by atoms with Gasteiger partial charge in [0.2, 0.25) is 9.04 Å². The van der Waals surface area contributed by atoms with Crippen molar-refractivity contribution in [3.05, 3.63) is 85.5 Å². The molecule has 41 heavy (non-hydrogen) atoms. The summed E-state index contributed by atoms with van der Waals surface area (Å²) in [6.07, 6.45) is 1.51. The molecule has 0 aliphatic carbocycles. The zero-order chi connectivity index (χ0) is 30.3. The van der Waals surface area contributed by atoms with E-state index in [1.54, 1.807) is 6.92 Å². The van der Waals surface area contributed by atoms with Crippen LogP contribution < -0.4 is 10.4 Å². The zero-order valence-electron chi connectivity index (χ0n) is 24.9. The Bertz CT molecular complexity index is 1080. The summed E-state index contributed by atoms with van der Waals surface area (Å²) in [5.74, 6) is -1.06. The first kappa shape index (κ1) is 35.0. The smallest absolute Gasteiger partial charge is 0.396 e. The molecule has 223 valence electrons. The van der Waals surface area contributed by atoms with E-state index in [9.17, 15) is 9.59 Å². The van der Waals surface area contributed by atoms with Crippen molar-refractivity contribution in [1.82, 2.24) is 0 Å². The molecule has 0 aromatic heterocycles. The van der Waals surface area contributed by atoms with Gasteiger partial charge < -0.3 is 22.4 Å². The zero-order valence-corrected chi connectivity index (χ0v) is 28.9. The van der Waals surface area contributed by atoms with Crippen LogP contribution in [0.25, 0.3) is 0 Å². The summed E-state index contributed by atoms with van der Waals surface area (Å²) >= 11 is 0. The van der Waals surface area contributed by atoms with Crippen molar-refractivity contribution in [2.24, 2.45) is 0 Å². The van der Waals surface area contributed by atoms with Crippen molar-refractivity contribution in [3.8, 4) is 0 Å². The fourth-order valence-electron chi connectivity index (χ4n) is 4.00. The molecule has 0 fully saturated rings. The van der Waals surface area contributed by atoms with Crippen molar-refractivity contribution in [1.29, 1.82) is 0 Å². The summed E-state index contributed by atoms with van der Waals surface area (Å²) in [5.41, 5.74) is 0.296. The van der Waals surface area contributed by atoms with Crippen LogP contribution in [0.15, 0.2) is 85.5 Å². The Balaban J connectivity index is 2.20. The molecule has 1 radical (unpaired) electrons. The molecule has 0 amide bonds. The van der Waals surface area contributed by atoms with Crippen LogP contribution in [0.2, 0.25) is 31.7 Å². The molecule has 2 unspecified atom stereocenters. The minimum absolute atomic E-state index is 0.0284. The predicted molar refractivity (Wildman–Crippen MR) is 175 cm³/mol. The number of benzene rings is 2. The van der Waals surface area contributed by atoms with Crippen molar-refractivity contribution >= 4 is 56.8 Å². The summed E-state index contributed by atoms with van der Waals surface area (Å²) in [5, 5.41) is 2.21. The standard InChI is InChI=1S/C30H44O7PSi3/c1-8-29(31)33-23-26(24-34-30(32)25(2)3)36-39(5)21-22-40(6,7)37-41(35-19-20-38-4,27-15-11-9-12-16-27)28-17-13-10-14-18-28/h8-18,26,38H,1-2,19-24H2,3-7H3. The van der Waals surface area contributed by atoms with E-state index >= 15 is 0 Å². The largest absolute Gasteiger partial charge is 0.460 e. The SMILES string of the molecule is C=CC(=O)OCC(COC(=O)C(=C)C)O[Si](C)CC[Si](C)(C)O[Si](OCCPC)(c1ccccc1)c1ccccc1. The minimum atomic E-state index is -2.99. The van der Waals surface area contributed by atoms with Crippen LogP contribution in [-0.4, -0.2) is 76.6 Å². The van der Waals surface area contributed by atoms with Crippen LogP contribution >= 0.6 is 8.58 Å². The molecule has 7 nitrogen and oxygen atoms in total. The Kier molecular flexibility index (Phi) is 15.1. The van der Waals surface area contributed by atoms with Gasteiger partial charge in [0.15, 0.2) is 8.32 Å². The van der Waals surface area contributed by atoms with E-state index < -0.39 is 44.0 Å². The molecule has 0 bridgehead atoms. The Morgan fingerprint density at radius 3 is 2.07 bits per heavy atom. The third-order valence-electron chi connectivity index (χ3n) is 6.16. The molecule has 0 N–H and O–H groups in total. The molecule has 0 heterocycles. The molecule has 0 aliphatic heterocycles. The Labute approximate surface area is 251 Å². The fraction of sp³-hybridized carbons (Fsp3) is 0.400. The molecular weight excluding hydrogens is 588 g/mol. The first-order valence-corrected chi connectivity index (χ1v) is 22.5. The van der Waals surface area contributed by atoms with E-state index in [1.807, 2.05) is 36.4 Å². The fourth-order valence-corrected chi connectivity index (χ4v) is 16.2. The molecule has 2 aromatic carbocycles. The third kappa shape index (κ3) is 11.9. The number of esters is 2. The van der Waals surface area contributed by atoms with Crippen LogP contribution in [0.5, 0.6) is 0 Å². The first-order valence-electron chi connectivity index (χ1n) is 13.7. The van der Waals surface area contributed by atoms with E-state index in [2.05, 4.69) is 63.7 Å². The summed E-state index contributed by atoms with van der Waals surface area (Å²) in [4.78, 5) is 23.6. The van der Waals surface area contributed by atoms with Crippen LogP contribution in [0, 0.1) is 0 Å². The van der Waals surface area contributed by atoms with E-state index in [0.29, 0.717) is 12.2 Å². The Hall–Kier alpha value is -2.18. The first-order chi connectivity index (χ1) is 19.5. The van der Waals surface area contributed by atoms with Crippen molar-refractivity contribution in [2.45, 2.75) is 44.8 Å². The third-order valence-corrected chi connectivity index (χ3v) is 16.7. The van der Waals surface area contributed by atoms with Crippen molar-refractivity contribution < 1.29 is 32.0 Å². The molecule has 0 saturated heterocycles. The van der Waals surface area contributed by atoms with Gasteiger partial charge in [-0.1, -0.05) is 73.8 Å². The molecule has 0 aliphatic rings. The highest BCUT2D eigenvalue weighted by molar-refractivity contribution is 7.37. The molecular formula is C30H44O7PSi3. The molecule has 0 spiro atoms. The van der Waals surface area contributed by atoms with Gasteiger partial charge in [0.1, 0.15) is 19.3 Å². The van der Waals surface area contributed by atoms with Crippen LogP contribution in [-0.2, 0) is 32.0 Å². The quantitative estimate of drug-likeness (QED) is 0.0735. The summed E-state index contributed by atoms with van der Waals surface area (Å²) < 4.78 is 30.8. The lowest BCUT2D eigenvalue weighted by molar-refractivity contribution is -0.146. The van der Waals surface area contributed by atoms with Crippen LogP contribution in [0.3, 0.4) is 0 Å². The van der Waals surface area contributed by atoms with E-state index in [0.717, 1.165) is 43.3 Å². The van der Waals surface area contributed by atoms with E-state index in [4.69, 9.17) is 22.4 Å². The van der Waals surface area contributed by atoms with Crippen molar-refractivity contribution in [3.63, 3.8) is 0 Å². The van der Waals surface area contributed by atoms with Gasteiger partial charge in [-0.2, -0.15) is 0 Å². The molecule has 2 atom stereocenters. The highest BCUT2D eigenvalue weighted by Crippen LogP contribution is 2.24. The molecule has 0 saturated carbocycles. The lowest BCUT2D eigenvalue weighted by Crippen LogP contribution is -2.67. The van der Waals surface area contributed by atoms with E-state index in [1.165, 1.54) is 0 Å². The van der Waals surface area contributed by atoms with Gasteiger partial charge in [0.05, 0.1) is 0 Å². The minimum Gasteiger partial charge on any atom is -0.460 e. The van der Waals surface area contributed by atoms with Gasteiger partial charge in [-0.05, 0) is 61.9 Å². The number of hydrogen-bond donors (Lipinski definition) is 0. The topological polar surface area (TPSA) is 80.3 Å². The van der Waals surface area contributed by atoms with Gasteiger partial charge in [-0.15, -0.1) is 8.58 Å². The number of hydrogen-bond acceptors (Lipinski definition) is 7. The highest BCUT2D eigenvalue weighted by atomic mass is 31.1. The number of rotatable bonds is 19. The average Bonchev–Trinajstić information content (AvgIpc) is 2.97. The lowest BCUT2D eigenvalue weighted by Gasteiger charge is -2.39. The maximum atomic E-state index is 11.9. The maximum Gasteiger partial charge on any atom is 0.396 e. The monoisotopic (exact) mass is 631 g/mol. The van der Waals surface area contributed by atoms with Gasteiger partial charge in [0.25, 0.3) is 0 Å². The van der Waals surface area contributed by atoms with Crippen LogP contribution in [0.1, 0.15) is 6.92 Å². The highest BCUT2D eigenvalue weighted by Gasteiger charge is 2.47. The van der Waals surface area contributed by atoms with Gasteiger partial charge >= 0.3 is 20.5 Å². The maximum absolute atomic E-state index is 11.9. The second-order valence-electron chi connectivity index (χ2n) is 10.3. The summed E-state index contributed by atoms with van der Waals surface area (Å²) in [6, 6.07) is 22.4. The lowest BCUT2D eigenvalue weighted by atomic mass is 10.3. The number of carbonyl (C=O) groups is 2. The molecule has 2 aromatic rings. The predicted octanol–water partition coefficient (Wildman–Crippen LogP) is 4.64. The van der Waals surface area contributed by atoms with E-state index in [-0.39, 0.29) is 13.2 Å². The molecule has 11 heteroatoms. The Morgan fingerprint density at radius 1 is 1.00 bits per heavy atom. The normalized spacial score (nSPS) is 12.8. The van der Waals surface area contributed by atoms with Crippen LogP contribution in [0.4, 0.5) is 0 Å². The summed E-state index contributed by atoms with van der Waals surface area (Å²) in [6.45, 7) is 17.9. The van der Waals surface area contributed by atoms with Crippen molar-refractivity contribution in [2.75, 3.05) is 32.6 Å². The second kappa shape index (κ2) is 17.7. The molecule has 2 rings (SSSR count). The number of carbonyl (C=O) groups excluding carboxylic acids is 2. The number of ether oxygens (including phenoxy) is 2. The van der Waals surface area contributed by atoms with Gasteiger partial charge in [-0.25, -0.2) is 9.59 Å². The Morgan fingerprint density at radius 2 is 1.56 bits per heavy atom.